The highest BCUT2D eigenvalue weighted by molar-refractivity contribution is 7.91. The maximum absolute atomic E-state index is 12.1. The lowest BCUT2D eigenvalue weighted by molar-refractivity contribution is -0.121. The second kappa shape index (κ2) is 6.54. The Kier molecular flexibility index (Phi) is 5.31. The van der Waals surface area contributed by atoms with Crippen LogP contribution in [0.4, 0.5) is 0 Å². The first-order valence-corrected chi connectivity index (χ1v) is 11.1. The van der Waals surface area contributed by atoms with E-state index in [1.54, 1.807) is 23.9 Å². The van der Waals surface area contributed by atoms with E-state index in [-0.39, 0.29) is 54.0 Å². The first-order valence-electron chi connectivity index (χ1n) is 7.41. The largest absolute Gasteiger partial charge is 0.297 e. The van der Waals surface area contributed by atoms with Crippen LogP contribution in [0.3, 0.4) is 0 Å². The number of likely N-dealkylation sites (N-methyl/N-ethyl adjacent to an activating group) is 2. The molecule has 2 aliphatic heterocycles. The third kappa shape index (κ3) is 4.74. The zero-order chi connectivity index (χ0) is 16.5. The lowest BCUT2D eigenvalue weighted by Crippen LogP contribution is -2.42. The van der Waals surface area contributed by atoms with E-state index in [0.717, 1.165) is 0 Å². The molecule has 0 aromatic rings. The van der Waals surface area contributed by atoms with Crippen molar-refractivity contribution in [1.82, 2.24) is 9.80 Å². The summed E-state index contributed by atoms with van der Waals surface area (Å²) in [5.74, 6) is 0.603. The van der Waals surface area contributed by atoms with Gasteiger partial charge in [-0.05, 0) is 26.9 Å². The Balaban J connectivity index is 1.80. The first kappa shape index (κ1) is 17.8. The Labute approximate surface area is 132 Å². The van der Waals surface area contributed by atoms with Gasteiger partial charge in [-0.1, -0.05) is 0 Å². The summed E-state index contributed by atoms with van der Waals surface area (Å²) in [6.45, 7) is 0.397. The molecule has 0 bridgehead atoms. The van der Waals surface area contributed by atoms with Crippen molar-refractivity contribution in [2.45, 2.75) is 24.9 Å². The van der Waals surface area contributed by atoms with Gasteiger partial charge in [0.25, 0.3) is 0 Å². The quantitative estimate of drug-likeness (QED) is 0.592. The normalized spacial score (nSPS) is 30.2. The Hall–Kier alpha value is -0.510. The summed E-state index contributed by atoms with van der Waals surface area (Å²) >= 11 is 0. The average molecular weight is 352 g/mol. The zero-order valence-corrected chi connectivity index (χ0v) is 14.7. The number of hydrogen-bond acceptors (Lipinski definition) is 7. The summed E-state index contributed by atoms with van der Waals surface area (Å²) in [5.41, 5.74) is 0. The van der Waals surface area contributed by atoms with Gasteiger partial charge in [0.1, 0.15) is 0 Å². The van der Waals surface area contributed by atoms with Gasteiger partial charge in [-0.25, -0.2) is 16.8 Å². The van der Waals surface area contributed by atoms with Crippen LogP contribution in [0, 0.1) is 0 Å². The van der Waals surface area contributed by atoms with Crippen molar-refractivity contribution in [3.63, 3.8) is 0 Å². The maximum Gasteiger partial charge on any atom is 0.160 e. The zero-order valence-electron chi connectivity index (χ0n) is 13.1. The van der Waals surface area contributed by atoms with Crippen LogP contribution in [0.15, 0.2) is 0 Å². The minimum atomic E-state index is -2.96. The van der Waals surface area contributed by atoms with Gasteiger partial charge in [0.15, 0.2) is 25.5 Å². The average Bonchev–Trinajstić information content (AvgIpc) is 2.91. The van der Waals surface area contributed by atoms with Crippen molar-refractivity contribution in [1.29, 1.82) is 0 Å². The fraction of sp³-hybridized carbons (Fsp3) is 0.923. The number of hydrogen-bond donors (Lipinski definition) is 0. The molecular weight excluding hydrogens is 328 g/mol. The van der Waals surface area contributed by atoms with E-state index in [0.29, 0.717) is 12.8 Å². The summed E-state index contributed by atoms with van der Waals surface area (Å²) < 4.78 is 45.9. The minimum absolute atomic E-state index is 0.0152. The second-order valence-electron chi connectivity index (χ2n) is 6.48. The van der Waals surface area contributed by atoms with Crippen molar-refractivity contribution in [3.8, 4) is 0 Å². The lowest BCUT2D eigenvalue weighted by Gasteiger charge is -2.26. The Morgan fingerprint density at radius 1 is 0.864 bits per heavy atom. The third-order valence-electron chi connectivity index (χ3n) is 4.52. The first-order chi connectivity index (χ1) is 10.1. The molecule has 2 fully saturated rings. The van der Waals surface area contributed by atoms with Crippen LogP contribution in [-0.4, -0.2) is 94.7 Å². The fourth-order valence-corrected chi connectivity index (χ4v) is 6.72. The van der Waals surface area contributed by atoms with Crippen molar-refractivity contribution in [2.75, 3.05) is 50.2 Å². The lowest BCUT2D eigenvalue weighted by atomic mass is 10.2. The summed E-state index contributed by atoms with van der Waals surface area (Å²) in [7, 11) is -2.38. The monoisotopic (exact) mass is 352 g/mol. The van der Waals surface area contributed by atoms with Crippen molar-refractivity contribution in [2.24, 2.45) is 0 Å². The molecular formula is C13H24N2O5S2. The smallest absolute Gasteiger partial charge is 0.160 e. The molecule has 0 N–H and O–H groups in total. The predicted octanol–water partition coefficient (Wildman–Crippen LogP) is -1.21. The molecule has 0 amide bonds. The number of carbonyl (C=O) groups excluding carboxylic acids is 1. The highest BCUT2D eigenvalue weighted by atomic mass is 32.2. The number of carbonyl (C=O) groups is 1. The molecule has 2 rings (SSSR count). The van der Waals surface area contributed by atoms with Gasteiger partial charge in [0.2, 0.25) is 0 Å². The summed E-state index contributed by atoms with van der Waals surface area (Å²) in [6, 6.07) is -0.183. The standard InChI is InChI=1S/C13H24N2O5S2/c1-14(11-3-5-21(17,18)9-11)7-13(16)8-15(2)12-4-6-22(19,20)10-12/h11-12H,3-10H2,1-2H3/t11-,12-/m1/s1. The molecule has 2 atom stereocenters. The van der Waals surface area contributed by atoms with Gasteiger partial charge in [-0.15, -0.1) is 0 Å². The number of sulfone groups is 2. The molecule has 0 saturated carbocycles. The van der Waals surface area contributed by atoms with Crippen LogP contribution in [-0.2, 0) is 24.5 Å². The Morgan fingerprint density at radius 2 is 1.23 bits per heavy atom. The molecule has 0 aromatic heterocycles. The highest BCUT2D eigenvalue weighted by Crippen LogP contribution is 2.18. The molecule has 128 valence electrons. The molecule has 0 spiro atoms. The third-order valence-corrected chi connectivity index (χ3v) is 8.02. The van der Waals surface area contributed by atoms with Crippen molar-refractivity contribution >= 4 is 25.5 Å². The Morgan fingerprint density at radius 3 is 1.50 bits per heavy atom. The van der Waals surface area contributed by atoms with Crippen LogP contribution in [0.1, 0.15) is 12.8 Å². The van der Waals surface area contributed by atoms with Gasteiger partial charge in [0, 0.05) is 12.1 Å². The fourth-order valence-electron chi connectivity index (χ4n) is 3.11. The van der Waals surface area contributed by atoms with E-state index >= 15 is 0 Å². The number of nitrogens with zero attached hydrogens (tertiary/aromatic N) is 2. The van der Waals surface area contributed by atoms with Crippen LogP contribution < -0.4 is 0 Å². The van der Waals surface area contributed by atoms with Crippen LogP contribution >= 0.6 is 0 Å². The van der Waals surface area contributed by atoms with Crippen LogP contribution in [0.25, 0.3) is 0 Å². The molecule has 22 heavy (non-hydrogen) atoms. The molecule has 0 radical (unpaired) electrons. The molecule has 2 aliphatic rings. The molecule has 2 saturated heterocycles. The molecule has 2 heterocycles. The van der Waals surface area contributed by atoms with Gasteiger partial charge in [-0.3, -0.25) is 14.6 Å². The van der Waals surface area contributed by atoms with E-state index in [2.05, 4.69) is 0 Å². The summed E-state index contributed by atoms with van der Waals surface area (Å²) in [4.78, 5) is 15.7. The Bertz CT molecular complexity index is 575. The topological polar surface area (TPSA) is 91.8 Å². The van der Waals surface area contributed by atoms with Gasteiger partial charge >= 0.3 is 0 Å². The van der Waals surface area contributed by atoms with Gasteiger partial charge in [0.05, 0.1) is 36.1 Å². The van der Waals surface area contributed by atoms with Gasteiger partial charge in [-0.2, -0.15) is 0 Å². The predicted molar refractivity (Wildman–Crippen MR) is 84.4 cm³/mol. The van der Waals surface area contributed by atoms with E-state index in [1.165, 1.54) is 0 Å². The maximum atomic E-state index is 12.1. The number of rotatable bonds is 6. The van der Waals surface area contributed by atoms with E-state index in [4.69, 9.17) is 0 Å². The summed E-state index contributed by atoms with van der Waals surface area (Å²) in [6.07, 6.45) is 1.14. The van der Waals surface area contributed by atoms with Crippen LogP contribution in [0.2, 0.25) is 0 Å². The van der Waals surface area contributed by atoms with E-state index in [1.807, 2.05) is 0 Å². The van der Waals surface area contributed by atoms with Crippen molar-refractivity contribution < 1.29 is 21.6 Å². The molecule has 0 aliphatic carbocycles. The molecule has 0 unspecified atom stereocenters. The highest BCUT2D eigenvalue weighted by Gasteiger charge is 2.33. The number of ketones is 1. The van der Waals surface area contributed by atoms with Crippen molar-refractivity contribution in [3.05, 3.63) is 0 Å². The minimum Gasteiger partial charge on any atom is -0.297 e. The van der Waals surface area contributed by atoms with Gasteiger partial charge < -0.3 is 0 Å². The molecule has 9 heteroatoms. The van der Waals surface area contributed by atoms with E-state index < -0.39 is 19.7 Å². The second-order valence-corrected chi connectivity index (χ2v) is 10.9. The molecule has 7 nitrogen and oxygen atoms in total. The summed E-state index contributed by atoms with van der Waals surface area (Å²) in [5, 5.41) is 0. The molecule has 0 aromatic carbocycles. The van der Waals surface area contributed by atoms with E-state index in [9.17, 15) is 21.6 Å². The van der Waals surface area contributed by atoms with Crippen LogP contribution in [0.5, 0.6) is 0 Å². The number of Topliss-reactive ketones (excluding diaryl/α,β-unsaturated/α-hetero) is 1. The SMILES string of the molecule is CN(CC(=O)CN(C)[C@@H]1CCS(=O)(=O)C1)[C@@H]1CCS(=O)(=O)C1.